The third-order valence-corrected chi connectivity index (χ3v) is 3.02. The monoisotopic (exact) mass is 194 g/mol. The van der Waals surface area contributed by atoms with Crippen molar-refractivity contribution in [2.45, 2.75) is 11.8 Å². The molecule has 1 aromatic heterocycles. The van der Waals surface area contributed by atoms with Gasteiger partial charge in [-0.15, -0.1) is 0 Å². The topological polar surface area (TPSA) is 93.3 Å². The highest BCUT2D eigenvalue weighted by Gasteiger charge is 2.19. The highest BCUT2D eigenvalue weighted by molar-refractivity contribution is 7.86. The van der Waals surface area contributed by atoms with E-state index in [2.05, 4.69) is 4.37 Å². The first-order chi connectivity index (χ1) is 4.93. The van der Waals surface area contributed by atoms with Crippen LogP contribution in [0.4, 0.5) is 5.00 Å². The predicted octanol–water partition coefficient (Wildman–Crippen LogP) is 0.280. The average Bonchev–Trinajstić information content (AvgIpc) is 2.08. The Hall–Kier alpha value is -0.660. The molecular formula is C4H6N2O3S2. The molecule has 0 aliphatic heterocycles. The van der Waals surface area contributed by atoms with Gasteiger partial charge in [0.15, 0.2) is 4.90 Å². The number of nitrogens with two attached hydrogens (primary N) is 1. The number of nitrogens with zero attached hydrogens (tertiary/aromatic N) is 1. The smallest absolute Gasteiger partial charge is 0.299 e. The molecule has 1 heterocycles. The molecule has 62 valence electrons. The number of aryl methyl sites for hydroxylation is 1. The lowest BCUT2D eigenvalue weighted by Gasteiger charge is -1.93. The fraction of sp³-hybridized carbons (Fsp3) is 0.250. The number of anilines is 1. The number of aromatic nitrogens is 1. The molecule has 0 amide bonds. The van der Waals surface area contributed by atoms with Gasteiger partial charge < -0.3 is 5.73 Å². The number of hydrogen-bond acceptors (Lipinski definition) is 5. The molecule has 0 aliphatic carbocycles. The van der Waals surface area contributed by atoms with E-state index in [4.69, 9.17) is 10.3 Å². The Morgan fingerprint density at radius 3 is 2.36 bits per heavy atom. The summed E-state index contributed by atoms with van der Waals surface area (Å²) >= 11 is 0.847. The molecule has 0 unspecified atom stereocenters. The summed E-state index contributed by atoms with van der Waals surface area (Å²) in [5.74, 6) is 0. The molecule has 1 rings (SSSR count). The van der Waals surface area contributed by atoms with Crippen molar-refractivity contribution < 1.29 is 13.0 Å². The van der Waals surface area contributed by atoms with Crippen LogP contribution in [0.25, 0.3) is 0 Å². The van der Waals surface area contributed by atoms with Crippen molar-refractivity contribution in [3.05, 3.63) is 5.69 Å². The van der Waals surface area contributed by atoms with Crippen molar-refractivity contribution in [2.75, 3.05) is 5.73 Å². The van der Waals surface area contributed by atoms with Gasteiger partial charge in [0.1, 0.15) is 5.00 Å². The van der Waals surface area contributed by atoms with Crippen LogP contribution >= 0.6 is 11.5 Å². The SMILES string of the molecule is Cc1nsc(N)c1S(=O)(=O)O. The summed E-state index contributed by atoms with van der Waals surface area (Å²) in [5, 5.41) is 0.0185. The Balaban J connectivity index is 3.45. The van der Waals surface area contributed by atoms with Gasteiger partial charge in [-0.25, -0.2) is 0 Å². The van der Waals surface area contributed by atoms with Crippen LogP contribution in [0.1, 0.15) is 5.69 Å². The van der Waals surface area contributed by atoms with E-state index in [-0.39, 0.29) is 15.6 Å². The van der Waals surface area contributed by atoms with E-state index in [1.807, 2.05) is 0 Å². The van der Waals surface area contributed by atoms with Crippen molar-refractivity contribution >= 4 is 26.7 Å². The van der Waals surface area contributed by atoms with Crippen LogP contribution in [0, 0.1) is 6.92 Å². The molecule has 0 atom stereocenters. The Kier molecular flexibility index (Phi) is 1.87. The predicted molar refractivity (Wildman–Crippen MR) is 41.1 cm³/mol. The standard InChI is InChI=1S/C4H6N2O3S2/c1-2-3(11(7,8)9)4(5)10-6-2/h5H2,1H3,(H,7,8,9). The minimum absolute atomic E-state index is 0.0185. The normalized spacial score (nSPS) is 11.8. The van der Waals surface area contributed by atoms with E-state index in [0.717, 1.165) is 11.5 Å². The lowest BCUT2D eigenvalue weighted by Crippen LogP contribution is -2.01. The van der Waals surface area contributed by atoms with E-state index in [9.17, 15) is 8.42 Å². The van der Waals surface area contributed by atoms with E-state index in [1.165, 1.54) is 6.92 Å². The van der Waals surface area contributed by atoms with Gasteiger partial charge in [-0.2, -0.15) is 12.8 Å². The maximum Gasteiger partial charge on any atom is 0.299 e. The van der Waals surface area contributed by atoms with Gasteiger partial charge in [-0.3, -0.25) is 4.55 Å². The molecule has 5 nitrogen and oxygen atoms in total. The van der Waals surface area contributed by atoms with Gasteiger partial charge in [-0.1, -0.05) is 0 Å². The largest absolute Gasteiger partial charge is 0.388 e. The van der Waals surface area contributed by atoms with Crippen molar-refractivity contribution in [1.82, 2.24) is 4.37 Å². The fourth-order valence-electron chi connectivity index (χ4n) is 0.693. The fourth-order valence-corrected chi connectivity index (χ4v) is 2.41. The van der Waals surface area contributed by atoms with E-state index < -0.39 is 10.1 Å². The van der Waals surface area contributed by atoms with Gasteiger partial charge in [-0.05, 0) is 18.5 Å². The van der Waals surface area contributed by atoms with Crippen molar-refractivity contribution in [3.8, 4) is 0 Å². The van der Waals surface area contributed by atoms with Crippen LogP contribution in [0.15, 0.2) is 4.90 Å². The molecule has 1 aromatic rings. The molecule has 0 aliphatic rings. The summed E-state index contributed by atoms with van der Waals surface area (Å²) in [6, 6.07) is 0. The second-order valence-electron chi connectivity index (χ2n) is 1.94. The molecule has 0 bridgehead atoms. The Labute approximate surface area is 67.8 Å². The summed E-state index contributed by atoms with van der Waals surface area (Å²) in [7, 11) is -4.20. The van der Waals surface area contributed by atoms with E-state index in [0.29, 0.717) is 0 Å². The van der Waals surface area contributed by atoms with Crippen molar-refractivity contribution in [3.63, 3.8) is 0 Å². The van der Waals surface area contributed by atoms with Gasteiger partial charge >= 0.3 is 0 Å². The molecule has 7 heteroatoms. The van der Waals surface area contributed by atoms with Crippen LogP contribution in [0.5, 0.6) is 0 Å². The quantitative estimate of drug-likeness (QED) is 0.626. The Bertz CT molecular complexity index is 347. The second kappa shape index (κ2) is 2.43. The minimum atomic E-state index is -4.20. The molecule has 0 aromatic carbocycles. The third-order valence-electron chi connectivity index (χ3n) is 1.09. The molecule has 0 radical (unpaired) electrons. The molecule has 0 saturated carbocycles. The average molecular weight is 194 g/mol. The molecule has 0 fully saturated rings. The first-order valence-electron chi connectivity index (χ1n) is 2.62. The Morgan fingerprint density at radius 1 is 1.64 bits per heavy atom. The van der Waals surface area contributed by atoms with Crippen LogP contribution in [-0.4, -0.2) is 17.3 Å². The van der Waals surface area contributed by atoms with Crippen molar-refractivity contribution in [2.24, 2.45) is 0 Å². The summed E-state index contributed by atoms with van der Waals surface area (Å²) in [4.78, 5) is -0.275. The number of hydrogen-bond donors (Lipinski definition) is 2. The highest BCUT2D eigenvalue weighted by atomic mass is 32.2. The van der Waals surface area contributed by atoms with Crippen LogP contribution in [0.2, 0.25) is 0 Å². The first-order valence-corrected chi connectivity index (χ1v) is 4.83. The zero-order valence-electron chi connectivity index (χ0n) is 5.60. The molecule has 3 N–H and O–H groups in total. The minimum Gasteiger partial charge on any atom is -0.388 e. The molecule has 0 spiro atoms. The van der Waals surface area contributed by atoms with Gasteiger partial charge in [0.2, 0.25) is 0 Å². The summed E-state index contributed by atoms with van der Waals surface area (Å²) in [6.07, 6.45) is 0. The van der Waals surface area contributed by atoms with Crippen molar-refractivity contribution in [1.29, 1.82) is 0 Å². The van der Waals surface area contributed by atoms with Crippen LogP contribution < -0.4 is 5.73 Å². The molecule has 11 heavy (non-hydrogen) atoms. The highest BCUT2D eigenvalue weighted by Crippen LogP contribution is 2.25. The van der Waals surface area contributed by atoms with Crippen LogP contribution in [0.3, 0.4) is 0 Å². The number of rotatable bonds is 1. The van der Waals surface area contributed by atoms with Gasteiger partial charge in [0.25, 0.3) is 10.1 Å². The third kappa shape index (κ3) is 1.50. The lowest BCUT2D eigenvalue weighted by atomic mass is 10.5. The summed E-state index contributed by atoms with van der Waals surface area (Å²) < 4.78 is 33.4. The maximum absolute atomic E-state index is 10.6. The first kappa shape index (κ1) is 8.44. The number of nitrogen functional groups attached to an aromatic ring is 1. The lowest BCUT2D eigenvalue weighted by molar-refractivity contribution is 0.483. The molecular weight excluding hydrogens is 188 g/mol. The summed E-state index contributed by atoms with van der Waals surface area (Å²) in [6.45, 7) is 1.47. The molecule has 0 saturated heterocycles. The van der Waals surface area contributed by atoms with Crippen LogP contribution in [-0.2, 0) is 10.1 Å². The van der Waals surface area contributed by atoms with E-state index >= 15 is 0 Å². The Morgan fingerprint density at radius 2 is 2.18 bits per heavy atom. The van der Waals surface area contributed by atoms with E-state index in [1.54, 1.807) is 0 Å². The second-order valence-corrected chi connectivity index (χ2v) is 4.10. The zero-order chi connectivity index (χ0) is 8.65. The zero-order valence-corrected chi connectivity index (χ0v) is 7.24. The van der Waals surface area contributed by atoms with Gasteiger partial charge in [0.05, 0.1) is 5.69 Å². The maximum atomic E-state index is 10.6. The summed E-state index contributed by atoms with van der Waals surface area (Å²) in [5.41, 5.74) is 5.48. The van der Waals surface area contributed by atoms with Gasteiger partial charge in [0, 0.05) is 0 Å².